The molecule has 5 nitrogen and oxygen atoms in total. The van der Waals surface area contributed by atoms with Crippen molar-refractivity contribution in [3.8, 4) is 0 Å². The van der Waals surface area contributed by atoms with E-state index in [4.69, 9.17) is 5.11 Å². The van der Waals surface area contributed by atoms with Gasteiger partial charge in [-0.3, -0.25) is 9.59 Å². The van der Waals surface area contributed by atoms with Crippen molar-refractivity contribution in [2.24, 2.45) is 0 Å². The van der Waals surface area contributed by atoms with Crippen molar-refractivity contribution >= 4 is 22.9 Å². The predicted octanol–water partition coefficient (Wildman–Crippen LogP) is 0.776. The molecule has 1 aliphatic heterocycles. The Bertz CT molecular complexity index is 273. The van der Waals surface area contributed by atoms with Crippen molar-refractivity contribution < 1.29 is 14.7 Å². The van der Waals surface area contributed by atoms with Gasteiger partial charge in [-0.05, 0) is 13.3 Å². The Labute approximate surface area is 106 Å². The molecule has 6 heteroatoms. The van der Waals surface area contributed by atoms with Gasteiger partial charge in [0.05, 0.1) is 0 Å². The van der Waals surface area contributed by atoms with E-state index in [-0.39, 0.29) is 17.8 Å². The van der Waals surface area contributed by atoms with E-state index in [1.165, 1.54) is 11.8 Å². The molecule has 0 radical (unpaired) electrons. The SMILES string of the molecule is CCN(CCCO)C(=O)CCN1CCSC1=O. The quantitative estimate of drug-likeness (QED) is 0.734. The van der Waals surface area contributed by atoms with Crippen LogP contribution in [0.3, 0.4) is 0 Å². The number of hydrogen-bond acceptors (Lipinski definition) is 4. The molecule has 0 aromatic carbocycles. The molecule has 0 saturated carbocycles. The van der Waals surface area contributed by atoms with Gasteiger partial charge in [0.25, 0.3) is 5.24 Å². The maximum Gasteiger partial charge on any atom is 0.281 e. The molecule has 1 rings (SSSR count). The smallest absolute Gasteiger partial charge is 0.281 e. The van der Waals surface area contributed by atoms with E-state index in [9.17, 15) is 9.59 Å². The summed E-state index contributed by atoms with van der Waals surface area (Å²) in [4.78, 5) is 26.6. The van der Waals surface area contributed by atoms with Gasteiger partial charge in [-0.1, -0.05) is 11.8 Å². The fourth-order valence-electron chi connectivity index (χ4n) is 1.74. The third-order valence-corrected chi connectivity index (χ3v) is 3.65. The number of thioether (sulfide) groups is 1. The van der Waals surface area contributed by atoms with Gasteiger partial charge in [0.1, 0.15) is 0 Å². The second kappa shape index (κ2) is 7.55. The highest BCUT2D eigenvalue weighted by Gasteiger charge is 2.22. The first-order chi connectivity index (χ1) is 8.19. The van der Waals surface area contributed by atoms with E-state index in [2.05, 4.69) is 0 Å². The van der Waals surface area contributed by atoms with Crippen molar-refractivity contribution in [1.29, 1.82) is 0 Å². The highest BCUT2D eigenvalue weighted by atomic mass is 32.2. The molecule has 0 atom stereocenters. The highest BCUT2D eigenvalue weighted by molar-refractivity contribution is 8.13. The molecule has 98 valence electrons. The number of aliphatic hydroxyl groups excluding tert-OH is 1. The molecule has 1 N–H and O–H groups in total. The number of nitrogens with zero attached hydrogens (tertiary/aromatic N) is 2. The van der Waals surface area contributed by atoms with Gasteiger partial charge in [-0.2, -0.15) is 0 Å². The largest absolute Gasteiger partial charge is 0.396 e. The summed E-state index contributed by atoms with van der Waals surface area (Å²) in [6, 6.07) is 0. The van der Waals surface area contributed by atoms with Crippen LogP contribution in [-0.4, -0.2) is 64.6 Å². The zero-order valence-electron chi connectivity index (χ0n) is 10.2. The van der Waals surface area contributed by atoms with Gasteiger partial charge >= 0.3 is 0 Å². The van der Waals surface area contributed by atoms with Crippen molar-refractivity contribution in [2.75, 3.05) is 38.5 Å². The molecule has 0 bridgehead atoms. The number of carbonyl (C=O) groups excluding carboxylic acids is 2. The monoisotopic (exact) mass is 260 g/mol. The van der Waals surface area contributed by atoms with Gasteiger partial charge in [0.2, 0.25) is 5.91 Å². The van der Waals surface area contributed by atoms with Crippen LogP contribution in [0.2, 0.25) is 0 Å². The molecule has 0 unspecified atom stereocenters. The standard InChI is InChI=1S/C11H20N2O3S/c1-2-12(5-3-8-14)10(15)4-6-13-7-9-17-11(13)16/h14H,2-9H2,1H3. The lowest BCUT2D eigenvalue weighted by molar-refractivity contribution is -0.131. The summed E-state index contributed by atoms with van der Waals surface area (Å²) < 4.78 is 0. The lowest BCUT2D eigenvalue weighted by Gasteiger charge is -2.22. The topological polar surface area (TPSA) is 60.9 Å². The first kappa shape index (κ1) is 14.3. The van der Waals surface area contributed by atoms with Crippen molar-refractivity contribution in [3.63, 3.8) is 0 Å². The van der Waals surface area contributed by atoms with Crippen LogP contribution in [0.1, 0.15) is 19.8 Å². The zero-order chi connectivity index (χ0) is 12.7. The molecular formula is C11H20N2O3S. The van der Waals surface area contributed by atoms with Crippen LogP contribution in [0, 0.1) is 0 Å². The van der Waals surface area contributed by atoms with E-state index in [0.717, 1.165) is 12.3 Å². The van der Waals surface area contributed by atoms with E-state index in [1.807, 2.05) is 6.92 Å². The minimum atomic E-state index is 0.0608. The minimum Gasteiger partial charge on any atom is -0.396 e. The van der Waals surface area contributed by atoms with Gasteiger partial charge in [0.15, 0.2) is 0 Å². The number of amides is 2. The minimum absolute atomic E-state index is 0.0608. The lowest BCUT2D eigenvalue weighted by atomic mass is 10.3. The Morgan fingerprint density at radius 1 is 1.59 bits per heavy atom. The first-order valence-corrected chi connectivity index (χ1v) is 6.98. The normalized spacial score (nSPS) is 15.4. The molecule has 0 aliphatic carbocycles. The molecule has 1 fully saturated rings. The van der Waals surface area contributed by atoms with Crippen LogP contribution < -0.4 is 0 Å². The van der Waals surface area contributed by atoms with E-state index >= 15 is 0 Å². The number of hydrogen-bond donors (Lipinski definition) is 1. The Morgan fingerprint density at radius 3 is 2.88 bits per heavy atom. The molecule has 1 aliphatic rings. The second-order valence-electron chi connectivity index (χ2n) is 3.90. The maximum atomic E-state index is 11.8. The lowest BCUT2D eigenvalue weighted by Crippen LogP contribution is -2.35. The Hall–Kier alpha value is -0.750. The van der Waals surface area contributed by atoms with Crippen LogP contribution in [0.4, 0.5) is 4.79 Å². The summed E-state index contributed by atoms with van der Waals surface area (Å²) in [5.41, 5.74) is 0. The van der Waals surface area contributed by atoms with Crippen LogP contribution in [-0.2, 0) is 4.79 Å². The molecule has 0 spiro atoms. The van der Waals surface area contributed by atoms with Crippen LogP contribution in [0.25, 0.3) is 0 Å². The highest BCUT2D eigenvalue weighted by Crippen LogP contribution is 2.17. The molecule has 0 aromatic rings. The Kier molecular flexibility index (Phi) is 6.36. The van der Waals surface area contributed by atoms with Gasteiger partial charge in [-0.15, -0.1) is 0 Å². The van der Waals surface area contributed by atoms with E-state index in [1.54, 1.807) is 9.80 Å². The Morgan fingerprint density at radius 2 is 2.35 bits per heavy atom. The zero-order valence-corrected chi connectivity index (χ0v) is 11.0. The summed E-state index contributed by atoms with van der Waals surface area (Å²) in [5.74, 6) is 0.889. The first-order valence-electron chi connectivity index (χ1n) is 5.99. The summed E-state index contributed by atoms with van der Waals surface area (Å²) in [7, 11) is 0. The third-order valence-electron chi connectivity index (χ3n) is 2.76. The number of carbonyl (C=O) groups is 2. The van der Waals surface area contributed by atoms with Crippen molar-refractivity contribution in [3.05, 3.63) is 0 Å². The average molecular weight is 260 g/mol. The molecule has 1 saturated heterocycles. The third kappa shape index (κ3) is 4.55. The summed E-state index contributed by atoms with van der Waals surface area (Å²) in [5, 5.41) is 8.82. The predicted molar refractivity (Wildman–Crippen MR) is 68.0 cm³/mol. The average Bonchev–Trinajstić information content (AvgIpc) is 2.73. The molecule has 17 heavy (non-hydrogen) atoms. The van der Waals surface area contributed by atoms with Crippen LogP contribution in [0.15, 0.2) is 0 Å². The summed E-state index contributed by atoms with van der Waals surface area (Å²) in [6.07, 6.45) is 0.990. The number of rotatable bonds is 7. The van der Waals surface area contributed by atoms with Crippen LogP contribution >= 0.6 is 11.8 Å². The summed E-state index contributed by atoms with van der Waals surface area (Å²) >= 11 is 1.31. The molecule has 1 heterocycles. The van der Waals surface area contributed by atoms with Gasteiger partial charge in [-0.25, -0.2) is 0 Å². The van der Waals surface area contributed by atoms with Gasteiger partial charge < -0.3 is 14.9 Å². The molecule has 0 aromatic heterocycles. The van der Waals surface area contributed by atoms with Crippen LogP contribution in [0.5, 0.6) is 0 Å². The second-order valence-corrected chi connectivity index (χ2v) is 4.95. The Balaban J connectivity index is 2.29. The van der Waals surface area contributed by atoms with E-state index < -0.39 is 0 Å². The van der Waals surface area contributed by atoms with Crippen molar-refractivity contribution in [1.82, 2.24) is 9.80 Å². The fourth-order valence-corrected chi connectivity index (χ4v) is 2.59. The van der Waals surface area contributed by atoms with E-state index in [0.29, 0.717) is 32.5 Å². The summed E-state index contributed by atoms with van der Waals surface area (Å²) in [6.45, 7) is 4.53. The maximum absolute atomic E-state index is 11.8. The van der Waals surface area contributed by atoms with Gasteiger partial charge in [0, 0.05) is 45.0 Å². The fraction of sp³-hybridized carbons (Fsp3) is 0.818. The molecular weight excluding hydrogens is 240 g/mol. The molecule has 2 amide bonds. The van der Waals surface area contributed by atoms with Crippen molar-refractivity contribution in [2.45, 2.75) is 19.8 Å². The number of aliphatic hydroxyl groups is 1.